The van der Waals surface area contributed by atoms with Crippen molar-refractivity contribution in [1.29, 1.82) is 0 Å². The minimum atomic E-state index is -3.29. The van der Waals surface area contributed by atoms with Crippen LogP contribution in [-0.4, -0.2) is 52.9 Å². The van der Waals surface area contributed by atoms with E-state index < -0.39 is 15.6 Å². The summed E-state index contributed by atoms with van der Waals surface area (Å²) >= 11 is 3.38. The molecule has 2 bridgehead atoms. The van der Waals surface area contributed by atoms with Crippen molar-refractivity contribution in [3.63, 3.8) is 0 Å². The molecule has 3 saturated heterocycles. The summed E-state index contributed by atoms with van der Waals surface area (Å²) in [5, 5.41) is -0.490. The lowest BCUT2D eigenvalue weighted by Crippen LogP contribution is -2.53. The first kappa shape index (κ1) is 14.3. The van der Waals surface area contributed by atoms with Gasteiger partial charge in [-0.3, -0.25) is 0 Å². The summed E-state index contributed by atoms with van der Waals surface area (Å²) in [7, 11) is -3.29. The van der Waals surface area contributed by atoms with Crippen LogP contribution in [0.3, 0.4) is 0 Å². The van der Waals surface area contributed by atoms with Crippen molar-refractivity contribution >= 4 is 26.0 Å². The normalized spacial score (nSPS) is 45.8. The smallest absolute Gasteiger partial charge is 0.220 e. The lowest BCUT2D eigenvalue weighted by Gasteiger charge is -2.37. The first-order valence-corrected chi connectivity index (χ1v) is 9.04. The molecule has 0 spiro atoms. The number of rotatable bonds is 2. The van der Waals surface area contributed by atoms with Crippen LogP contribution in [-0.2, 0) is 19.5 Å². The molecule has 0 aliphatic carbocycles. The summed E-state index contributed by atoms with van der Waals surface area (Å²) in [6, 6.07) is -0.186. The summed E-state index contributed by atoms with van der Waals surface area (Å²) in [6.45, 7) is 7.68. The van der Waals surface area contributed by atoms with Crippen molar-refractivity contribution in [1.82, 2.24) is 4.31 Å². The predicted molar refractivity (Wildman–Crippen MR) is 74.6 cm³/mol. The molecule has 3 rings (SSSR count). The zero-order valence-corrected chi connectivity index (χ0v) is 13.9. The second kappa shape index (κ2) is 4.16. The van der Waals surface area contributed by atoms with Crippen LogP contribution in [0.15, 0.2) is 0 Å². The van der Waals surface area contributed by atoms with E-state index in [9.17, 15) is 8.42 Å². The Hall–Kier alpha value is 0.310. The third kappa shape index (κ3) is 1.92. The summed E-state index contributed by atoms with van der Waals surface area (Å²) in [6.07, 6.45) is 0.0558. The quantitative estimate of drug-likeness (QED) is 0.705. The van der Waals surface area contributed by atoms with Crippen molar-refractivity contribution in [3.8, 4) is 0 Å². The van der Waals surface area contributed by atoms with Gasteiger partial charge in [-0.2, -0.15) is 4.31 Å². The van der Waals surface area contributed by atoms with E-state index >= 15 is 0 Å². The molecule has 3 aliphatic heterocycles. The minimum absolute atomic E-state index is 0.0953. The highest BCUT2D eigenvalue weighted by Crippen LogP contribution is 2.52. The molecule has 7 heteroatoms. The SMILES string of the molecule is CC(Br)OC1C2CC3C(O2)C1N(C(C)(C)C)S3(=O)=O. The van der Waals surface area contributed by atoms with Gasteiger partial charge in [0.15, 0.2) is 0 Å². The highest BCUT2D eigenvalue weighted by atomic mass is 79.9. The molecule has 0 N–H and O–H groups in total. The third-order valence-corrected chi connectivity index (χ3v) is 6.92. The Kier molecular flexibility index (Phi) is 3.12. The molecule has 0 aromatic rings. The van der Waals surface area contributed by atoms with Gasteiger partial charge in [0.1, 0.15) is 16.4 Å². The predicted octanol–water partition coefficient (Wildman–Crippen LogP) is 1.46. The van der Waals surface area contributed by atoms with Crippen molar-refractivity contribution in [2.75, 3.05) is 0 Å². The molecule has 0 amide bonds. The minimum Gasteiger partial charge on any atom is -0.369 e. The second-order valence-corrected chi connectivity index (χ2v) is 9.88. The molecule has 19 heavy (non-hydrogen) atoms. The molecule has 3 heterocycles. The highest BCUT2D eigenvalue weighted by molar-refractivity contribution is 9.09. The highest BCUT2D eigenvalue weighted by Gasteiger charge is 2.70. The van der Waals surface area contributed by atoms with Crippen LogP contribution in [0.2, 0.25) is 0 Å². The number of ether oxygens (including phenoxy) is 2. The average Bonchev–Trinajstić information content (AvgIpc) is 2.78. The molecule has 6 unspecified atom stereocenters. The van der Waals surface area contributed by atoms with E-state index in [4.69, 9.17) is 9.47 Å². The van der Waals surface area contributed by atoms with Crippen LogP contribution in [0.4, 0.5) is 0 Å². The van der Waals surface area contributed by atoms with Gasteiger partial charge < -0.3 is 9.47 Å². The van der Waals surface area contributed by atoms with Gasteiger partial charge in [0.05, 0.1) is 18.2 Å². The zero-order chi connectivity index (χ0) is 14.2. The first-order chi connectivity index (χ1) is 8.64. The second-order valence-electron chi connectivity index (χ2n) is 6.56. The fourth-order valence-electron chi connectivity index (χ4n) is 3.71. The maximum absolute atomic E-state index is 12.7. The molecule has 0 radical (unpaired) electrons. The van der Waals surface area contributed by atoms with Crippen LogP contribution in [0.25, 0.3) is 0 Å². The number of nitrogens with zero attached hydrogens (tertiary/aromatic N) is 1. The van der Waals surface area contributed by atoms with Gasteiger partial charge in [0, 0.05) is 5.54 Å². The number of fused-ring (bicyclic) bond motifs is 1. The largest absolute Gasteiger partial charge is 0.369 e. The number of halogens is 1. The van der Waals surface area contributed by atoms with E-state index in [1.165, 1.54) is 0 Å². The summed E-state index contributed by atoms with van der Waals surface area (Å²) in [5.74, 6) is 0. The Morgan fingerprint density at radius 3 is 2.58 bits per heavy atom. The Balaban J connectivity index is 2.02. The zero-order valence-electron chi connectivity index (χ0n) is 11.5. The topological polar surface area (TPSA) is 55.8 Å². The van der Waals surface area contributed by atoms with Crippen molar-refractivity contribution in [2.45, 2.75) is 74.3 Å². The van der Waals surface area contributed by atoms with Crippen LogP contribution >= 0.6 is 15.9 Å². The molecule has 5 nitrogen and oxygen atoms in total. The molecule has 0 aromatic heterocycles. The van der Waals surface area contributed by atoms with Crippen molar-refractivity contribution in [3.05, 3.63) is 0 Å². The van der Waals surface area contributed by atoms with Gasteiger partial charge in [-0.1, -0.05) is 15.9 Å². The number of sulfonamides is 1. The van der Waals surface area contributed by atoms with Gasteiger partial charge >= 0.3 is 0 Å². The Morgan fingerprint density at radius 1 is 1.42 bits per heavy atom. The number of hydrogen-bond acceptors (Lipinski definition) is 4. The van der Waals surface area contributed by atoms with E-state index in [1.54, 1.807) is 4.31 Å². The van der Waals surface area contributed by atoms with Crippen LogP contribution in [0, 0.1) is 0 Å². The summed E-state index contributed by atoms with van der Waals surface area (Å²) in [5.41, 5.74) is -0.448. The van der Waals surface area contributed by atoms with Gasteiger partial charge in [-0.25, -0.2) is 8.42 Å². The number of alkyl halides is 1. The monoisotopic (exact) mass is 353 g/mol. The molecule has 110 valence electrons. The molecule has 6 atom stereocenters. The Morgan fingerprint density at radius 2 is 2.05 bits per heavy atom. The van der Waals surface area contributed by atoms with E-state index in [2.05, 4.69) is 15.9 Å². The van der Waals surface area contributed by atoms with Gasteiger partial charge in [0.25, 0.3) is 0 Å². The lowest BCUT2D eigenvalue weighted by molar-refractivity contribution is -0.0241. The van der Waals surface area contributed by atoms with Crippen LogP contribution < -0.4 is 0 Å². The maximum atomic E-state index is 12.7. The molecule has 3 aliphatic rings. The van der Waals surface area contributed by atoms with E-state index in [0.29, 0.717) is 6.42 Å². The van der Waals surface area contributed by atoms with Crippen LogP contribution in [0.1, 0.15) is 34.1 Å². The maximum Gasteiger partial charge on any atom is 0.220 e. The van der Waals surface area contributed by atoms with Crippen molar-refractivity contribution in [2.24, 2.45) is 0 Å². The number of hydrogen-bond donors (Lipinski definition) is 0. The Bertz CT molecular complexity index is 486. The Labute approximate surface area is 122 Å². The lowest BCUT2D eigenvalue weighted by atomic mass is 9.90. The fourth-order valence-corrected chi connectivity index (χ4v) is 6.59. The van der Waals surface area contributed by atoms with Crippen LogP contribution in [0.5, 0.6) is 0 Å². The molecular formula is C12H20BrNO4S. The van der Waals surface area contributed by atoms with Gasteiger partial charge in [0.2, 0.25) is 10.0 Å². The molecular weight excluding hydrogens is 334 g/mol. The fraction of sp³-hybridized carbons (Fsp3) is 1.00. The molecule has 3 fully saturated rings. The molecule has 0 saturated carbocycles. The first-order valence-electron chi connectivity index (χ1n) is 6.62. The summed E-state index contributed by atoms with van der Waals surface area (Å²) < 4.78 is 38.7. The standard InChI is InChI=1S/C12H20BrNO4S/c1-6(13)17-10-7-5-8-11(18-7)9(10)14(12(2,3)4)19(8,15)16/h6-11H,5H2,1-4H3. The van der Waals surface area contributed by atoms with Gasteiger partial charge in [-0.15, -0.1) is 0 Å². The average molecular weight is 354 g/mol. The molecule has 0 aromatic carbocycles. The summed E-state index contributed by atoms with van der Waals surface area (Å²) in [4.78, 5) is 0. The third-order valence-electron chi connectivity index (χ3n) is 4.14. The van der Waals surface area contributed by atoms with E-state index in [0.717, 1.165) is 0 Å². The van der Waals surface area contributed by atoms with E-state index in [1.807, 2.05) is 27.7 Å². The van der Waals surface area contributed by atoms with E-state index in [-0.39, 0.29) is 34.6 Å². The van der Waals surface area contributed by atoms with Crippen molar-refractivity contribution < 1.29 is 17.9 Å². The van der Waals surface area contributed by atoms with Gasteiger partial charge in [-0.05, 0) is 34.1 Å².